The monoisotopic (exact) mass is 409 g/mol. The summed E-state index contributed by atoms with van der Waals surface area (Å²) in [7, 11) is 0. The number of anilines is 1. The van der Waals surface area contributed by atoms with Crippen LogP contribution in [0.15, 0.2) is 47.5 Å². The lowest BCUT2D eigenvalue weighted by atomic mass is 10.0. The van der Waals surface area contributed by atoms with Gasteiger partial charge in [0.1, 0.15) is 0 Å². The van der Waals surface area contributed by atoms with Gasteiger partial charge in [-0.2, -0.15) is 0 Å². The van der Waals surface area contributed by atoms with Crippen molar-refractivity contribution in [1.29, 1.82) is 0 Å². The number of carbonyl (C=O) groups is 1. The Morgan fingerprint density at radius 1 is 1.17 bits per heavy atom. The van der Waals surface area contributed by atoms with Gasteiger partial charge in [-0.25, -0.2) is 4.99 Å². The Morgan fingerprint density at radius 3 is 2.83 bits per heavy atom. The van der Waals surface area contributed by atoms with E-state index in [9.17, 15) is 4.79 Å². The maximum Gasteiger partial charge on any atom is 0.258 e. The molecule has 2 aliphatic rings. The minimum absolute atomic E-state index is 0.0891. The number of hydrogen-bond donors (Lipinski definition) is 2. The van der Waals surface area contributed by atoms with Gasteiger partial charge in [0.2, 0.25) is 12.8 Å². The molecule has 1 amide bonds. The third-order valence-corrected chi connectivity index (χ3v) is 5.16. The van der Waals surface area contributed by atoms with Gasteiger partial charge in [0, 0.05) is 17.9 Å². The number of carbonyl (C=O) groups excluding carboxylic acids is 1. The number of hydrogen-bond acceptors (Lipinski definition) is 5. The summed E-state index contributed by atoms with van der Waals surface area (Å²) >= 11 is 0. The number of guanidine groups is 1. The van der Waals surface area contributed by atoms with Crippen molar-refractivity contribution in [3.05, 3.63) is 53.6 Å². The number of fused-ring (bicyclic) bond motifs is 1. The Labute approximate surface area is 176 Å². The number of ether oxygens (including phenoxy) is 3. The molecule has 7 heteroatoms. The van der Waals surface area contributed by atoms with E-state index in [2.05, 4.69) is 41.6 Å². The summed E-state index contributed by atoms with van der Waals surface area (Å²) in [4.78, 5) is 17.5. The minimum atomic E-state index is -0.271. The molecule has 2 N–H and O–H groups in total. The molecule has 0 aromatic heterocycles. The fraction of sp³-hybridized carbons (Fsp3) is 0.391. The van der Waals surface area contributed by atoms with E-state index in [0.29, 0.717) is 35.5 Å². The topological polar surface area (TPSA) is 81.2 Å². The highest BCUT2D eigenvalue weighted by Gasteiger charge is 2.19. The van der Waals surface area contributed by atoms with Crippen LogP contribution >= 0.6 is 0 Å². The van der Waals surface area contributed by atoms with Crippen LogP contribution in [0.5, 0.6) is 11.5 Å². The van der Waals surface area contributed by atoms with Crippen LogP contribution in [0.1, 0.15) is 48.5 Å². The molecule has 1 atom stereocenters. The van der Waals surface area contributed by atoms with Gasteiger partial charge in [-0.3, -0.25) is 10.1 Å². The van der Waals surface area contributed by atoms with Crippen molar-refractivity contribution >= 4 is 17.6 Å². The van der Waals surface area contributed by atoms with Gasteiger partial charge >= 0.3 is 0 Å². The van der Waals surface area contributed by atoms with Crippen molar-refractivity contribution in [2.75, 3.05) is 25.3 Å². The predicted molar refractivity (Wildman–Crippen MR) is 115 cm³/mol. The van der Waals surface area contributed by atoms with Crippen molar-refractivity contribution in [1.82, 2.24) is 5.32 Å². The third kappa shape index (κ3) is 4.91. The SMILES string of the molecule is CC(C)c1cccc(NC(=NC[C@H]2CCCO2)NC(=O)c2ccc3c(c2)OCO3)c1. The number of nitrogens with zero attached hydrogens (tertiary/aromatic N) is 1. The van der Waals surface area contributed by atoms with Crippen LogP contribution in [0, 0.1) is 0 Å². The molecule has 158 valence electrons. The molecule has 2 aromatic carbocycles. The van der Waals surface area contributed by atoms with Crippen molar-refractivity contribution in [2.24, 2.45) is 4.99 Å². The average Bonchev–Trinajstić information content (AvgIpc) is 3.43. The van der Waals surface area contributed by atoms with Crippen molar-refractivity contribution in [2.45, 2.75) is 38.7 Å². The van der Waals surface area contributed by atoms with E-state index in [1.807, 2.05) is 12.1 Å². The molecular weight excluding hydrogens is 382 g/mol. The molecular formula is C23H27N3O4. The quantitative estimate of drug-likeness (QED) is 0.578. The zero-order valence-corrected chi connectivity index (χ0v) is 17.3. The molecule has 0 saturated carbocycles. The summed E-state index contributed by atoms with van der Waals surface area (Å²) in [5.74, 6) is 1.74. The van der Waals surface area contributed by atoms with Gasteiger partial charge in [-0.15, -0.1) is 0 Å². The molecule has 1 fully saturated rings. The number of rotatable bonds is 5. The first-order chi connectivity index (χ1) is 14.6. The summed E-state index contributed by atoms with van der Waals surface area (Å²) < 4.78 is 16.4. The maximum atomic E-state index is 12.9. The van der Waals surface area contributed by atoms with Gasteiger partial charge in [-0.1, -0.05) is 26.0 Å². The predicted octanol–water partition coefficient (Wildman–Crippen LogP) is 3.92. The van der Waals surface area contributed by atoms with Crippen LogP contribution in [0.2, 0.25) is 0 Å². The smallest absolute Gasteiger partial charge is 0.258 e. The minimum Gasteiger partial charge on any atom is -0.454 e. The summed E-state index contributed by atoms with van der Waals surface area (Å²) in [6.45, 7) is 5.72. The van der Waals surface area contributed by atoms with Crippen LogP contribution < -0.4 is 20.1 Å². The molecule has 2 aromatic rings. The Kier molecular flexibility index (Phi) is 6.18. The lowest BCUT2D eigenvalue weighted by Gasteiger charge is -2.15. The van der Waals surface area contributed by atoms with Gasteiger partial charge < -0.3 is 19.5 Å². The average molecular weight is 409 g/mol. The molecule has 7 nitrogen and oxygen atoms in total. The lowest BCUT2D eigenvalue weighted by Crippen LogP contribution is -2.36. The standard InChI is InChI=1S/C23H27N3O4/c1-15(2)16-5-3-6-18(11-16)25-23(24-13-19-7-4-10-28-19)26-22(27)17-8-9-20-21(12-17)30-14-29-20/h3,5-6,8-9,11-12,15,19H,4,7,10,13-14H2,1-2H3,(H2,24,25,26,27)/t19-/m1/s1. The van der Waals surface area contributed by atoms with Gasteiger partial charge in [0.25, 0.3) is 5.91 Å². The Balaban J connectivity index is 1.51. The van der Waals surface area contributed by atoms with Crippen molar-refractivity contribution < 1.29 is 19.0 Å². The first kappa shape index (κ1) is 20.2. The molecule has 4 rings (SSSR count). The number of aliphatic imine (C=N–C) groups is 1. The lowest BCUT2D eigenvalue weighted by molar-refractivity contribution is 0.0975. The number of nitrogens with one attached hydrogen (secondary N) is 2. The molecule has 0 unspecified atom stereocenters. The molecule has 1 saturated heterocycles. The molecule has 2 aliphatic heterocycles. The highest BCUT2D eigenvalue weighted by atomic mass is 16.7. The molecule has 2 heterocycles. The number of amides is 1. The second-order valence-electron chi connectivity index (χ2n) is 7.75. The first-order valence-corrected chi connectivity index (χ1v) is 10.3. The summed E-state index contributed by atoms with van der Waals surface area (Å²) in [6.07, 6.45) is 2.12. The summed E-state index contributed by atoms with van der Waals surface area (Å²) in [5.41, 5.74) is 2.56. The maximum absolute atomic E-state index is 12.9. The van der Waals surface area contributed by atoms with Crippen LogP contribution in [-0.4, -0.2) is 37.9 Å². The second kappa shape index (κ2) is 9.17. The molecule has 0 radical (unpaired) electrons. The Morgan fingerprint density at radius 2 is 2.03 bits per heavy atom. The van der Waals surface area contributed by atoms with Crippen LogP contribution in [-0.2, 0) is 4.74 Å². The fourth-order valence-corrected chi connectivity index (χ4v) is 3.42. The van der Waals surface area contributed by atoms with Gasteiger partial charge in [0.05, 0.1) is 12.6 Å². The highest BCUT2D eigenvalue weighted by Crippen LogP contribution is 2.32. The van der Waals surface area contributed by atoms with Crippen LogP contribution in [0.25, 0.3) is 0 Å². The van der Waals surface area contributed by atoms with E-state index in [-0.39, 0.29) is 18.8 Å². The zero-order chi connectivity index (χ0) is 20.9. The largest absolute Gasteiger partial charge is 0.454 e. The van der Waals surface area contributed by atoms with Crippen LogP contribution in [0.3, 0.4) is 0 Å². The first-order valence-electron chi connectivity index (χ1n) is 10.3. The van der Waals surface area contributed by atoms with Gasteiger partial charge in [-0.05, 0) is 54.7 Å². The van der Waals surface area contributed by atoms with E-state index in [0.717, 1.165) is 25.1 Å². The zero-order valence-electron chi connectivity index (χ0n) is 17.3. The van der Waals surface area contributed by atoms with Crippen LogP contribution in [0.4, 0.5) is 5.69 Å². The summed E-state index contributed by atoms with van der Waals surface area (Å²) in [5, 5.41) is 6.15. The molecule has 0 bridgehead atoms. The van der Waals surface area contributed by atoms with E-state index < -0.39 is 0 Å². The molecule has 0 spiro atoms. The second-order valence-corrected chi connectivity index (χ2v) is 7.75. The summed E-state index contributed by atoms with van der Waals surface area (Å²) in [6, 6.07) is 13.2. The molecule has 0 aliphatic carbocycles. The Hall–Kier alpha value is -3.06. The molecule has 30 heavy (non-hydrogen) atoms. The normalized spacial score (nSPS) is 18.0. The third-order valence-electron chi connectivity index (χ3n) is 5.16. The van der Waals surface area contributed by atoms with E-state index in [1.165, 1.54) is 5.56 Å². The number of benzene rings is 2. The van der Waals surface area contributed by atoms with E-state index in [1.54, 1.807) is 18.2 Å². The fourth-order valence-electron chi connectivity index (χ4n) is 3.42. The highest BCUT2D eigenvalue weighted by molar-refractivity contribution is 6.10. The Bertz CT molecular complexity index is 936. The van der Waals surface area contributed by atoms with E-state index >= 15 is 0 Å². The van der Waals surface area contributed by atoms with E-state index in [4.69, 9.17) is 14.2 Å². The van der Waals surface area contributed by atoms with Gasteiger partial charge in [0.15, 0.2) is 11.5 Å². The van der Waals surface area contributed by atoms with Crippen molar-refractivity contribution in [3.63, 3.8) is 0 Å². The van der Waals surface area contributed by atoms with Crippen molar-refractivity contribution in [3.8, 4) is 11.5 Å².